The number of nitrogens with two attached hydrogens (primary N) is 2. The van der Waals surface area contributed by atoms with Crippen molar-refractivity contribution in [3.8, 4) is 57.1 Å². The standard InChI is InChI=1S/C66H75Cl2N9O24/c1-23(2)12-34(71-5)58(88)76-49-51(83)26-7-10-38(32(67)14-26)97-40-16-28-17-41(55(40)101-65-56(54(86)53(85)42(22-78)99-65)100-44-21-66(4,70)57(87)24(3)96-44)98-39-11-8-27(15-33(39)68)52(84)50-63(93)75-48(64(94)95)31-18-29(79)19-37(81)45(31)30-13-25(6-9-36(30)80)46(60(90)77-50)74-61(91)47(28)73-59(89)35(20-43(69)82)72-62(49)92/h6-11,13-19,23-24,34-35,42,44,46-54,56-57,65,71,78-81,83-87H,12,20-22,70H2,1-5H3,(H2,69,82)(H,72,92)(H,73,89)(H,74,91)(H,75,93)(H,76,88)(H,77,90)(H,94,95)/t24-,34+,35-,42+,44?,46+,47+,48-,49+,50-,51+,52+,53?,54-,56?,57+,65-,66-/m0/s1. The van der Waals surface area contributed by atoms with Gasteiger partial charge in [-0.1, -0.05) is 55.2 Å². The van der Waals surface area contributed by atoms with Gasteiger partial charge >= 0.3 is 5.97 Å². The van der Waals surface area contributed by atoms with Gasteiger partial charge in [-0.2, -0.15) is 0 Å². The van der Waals surface area contributed by atoms with Gasteiger partial charge in [-0.25, -0.2) is 4.79 Å². The molecule has 0 spiro atoms. The van der Waals surface area contributed by atoms with Crippen LogP contribution in [0.15, 0.2) is 78.9 Å². The van der Waals surface area contributed by atoms with Crippen LogP contribution in [0.1, 0.15) is 105 Å². The van der Waals surface area contributed by atoms with Crippen molar-refractivity contribution in [3.05, 3.63) is 117 Å². The third-order valence-electron chi connectivity index (χ3n) is 17.8. The Kier molecular flexibility index (Phi) is 22.2. The first-order valence-electron chi connectivity index (χ1n) is 31.6. The number of aliphatic hydroxyl groups excluding tert-OH is 6. The molecule has 101 heavy (non-hydrogen) atoms. The summed E-state index contributed by atoms with van der Waals surface area (Å²) >= 11 is 14.1. The number of nitrogens with one attached hydrogen (secondary N) is 7. The number of hydrogen-bond acceptors (Lipinski definition) is 25. The monoisotopic (exact) mass is 1450 g/mol. The molecule has 7 aliphatic rings. The van der Waals surface area contributed by atoms with E-state index in [0.717, 1.165) is 66.7 Å². The second-order valence-electron chi connectivity index (χ2n) is 25.7. The first-order valence-corrected chi connectivity index (χ1v) is 32.4. The van der Waals surface area contributed by atoms with Crippen molar-refractivity contribution in [2.75, 3.05) is 13.7 Å². The number of likely N-dealkylation sites (N-methyl/N-ethyl adjacent to an activating group) is 1. The fraction of sp³-hybridized carbons (Fsp3) is 0.424. The molecule has 3 unspecified atom stereocenters. The molecule has 7 heterocycles. The summed E-state index contributed by atoms with van der Waals surface area (Å²) in [5, 5.41) is 131. The van der Waals surface area contributed by atoms with E-state index in [4.69, 9.17) is 63.1 Å². The summed E-state index contributed by atoms with van der Waals surface area (Å²) in [6.07, 6.45) is -18.6. The normalized spacial score (nSPS) is 29.4. The quantitative estimate of drug-likeness (QED) is 0.0743. The van der Waals surface area contributed by atoms with Crippen LogP contribution in [0.4, 0.5) is 0 Å². The van der Waals surface area contributed by atoms with Crippen LogP contribution < -0.4 is 62.9 Å². The maximum absolute atomic E-state index is 16.0. The number of phenols is 3. The van der Waals surface area contributed by atoms with Crippen LogP contribution in [0.5, 0.6) is 46.0 Å². The molecule has 12 rings (SSSR count). The van der Waals surface area contributed by atoms with Gasteiger partial charge in [-0.05, 0) is 110 Å². The second kappa shape index (κ2) is 30.2. The van der Waals surface area contributed by atoms with E-state index >= 15 is 14.4 Å². The van der Waals surface area contributed by atoms with E-state index in [1.165, 1.54) is 33.0 Å². The van der Waals surface area contributed by atoms with E-state index < -0.39 is 237 Å². The van der Waals surface area contributed by atoms with Crippen LogP contribution in [0.25, 0.3) is 11.1 Å². The van der Waals surface area contributed by atoms with E-state index in [0.29, 0.717) is 0 Å². The van der Waals surface area contributed by atoms with Gasteiger partial charge in [0.2, 0.25) is 53.4 Å². The van der Waals surface area contributed by atoms with Crippen molar-refractivity contribution in [1.29, 1.82) is 0 Å². The van der Waals surface area contributed by atoms with E-state index in [9.17, 15) is 75.0 Å². The third-order valence-corrected chi connectivity index (χ3v) is 18.4. The number of fused-ring (bicyclic) bond motifs is 15. The fourth-order valence-corrected chi connectivity index (χ4v) is 12.9. The molecule has 33 nitrogen and oxygen atoms in total. The molecule has 2 fully saturated rings. The summed E-state index contributed by atoms with van der Waals surface area (Å²) in [7, 11) is 1.47. The van der Waals surface area contributed by atoms with Gasteiger partial charge in [0, 0.05) is 34.7 Å². The van der Waals surface area contributed by atoms with Gasteiger partial charge in [0.05, 0.1) is 41.3 Å². The zero-order valence-electron chi connectivity index (χ0n) is 54.3. The van der Waals surface area contributed by atoms with Gasteiger partial charge in [0.1, 0.15) is 89.5 Å². The van der Waals surface area contributed by atoms with Gasteiger partial charge in [-0.15, -0.1) is 0 Å². The minimum Gasteiger partial charge on any atom is -0.508 e. The largest absolute Gasteiger partial charge is 0.508 e. The average Bonchev–Trinajstić information content (AvgIpc) is 0.775. The van der Waals surface area contributed by atoms with E-state index in [1.54, 1.807) is 0 Å². The maximum Gasteiger partial charge on any atom is 0.330 e. The van der Waals surface area contributed by atoms with Crippen molar-refractivity contribution >= 4 is 70.5 Å². The van der Waals surface area contributed by atoms with Crippen molar-refractivity contribution in [1.82, 2.24) is 37.2 Å². The van der Waals surface area contributed by atoms with Crippen LogP contribution in [0.2, 0.25) is 10.0 Å². The number of primary amides is 1. The number of hydrogen-bond donors (Lipinski definition) is 19. The Morgan fingerprint density at radius 3 is 1.90 bits per heavy atom. The number of aliphatic carboxylic acids is 1. The highest BCUT2D eigenvalue weighted by Gasteiger charge is 2.51. The predicted octanol–water partition coefficient (Wildman–Crippen LogP) is 0.106. The zero-order chi connectivity index (χ0) is 73.5. The molecule has 11 bridgehead atoms. The number of carbonyl (C=O) groups is 8. The number of rotatable bonds is 13. The van der Waals surface area contributed by atoms with Gasteiger partial charge in [0.15, 0.2) is 29.9 Å². The number of ether oxygens (including phenoxy) is 6. The number of halogens is 2. The minimum absolute atomic E-state index is 0.0975. The predicted molar refractivity (Wildman–Crippen MR) is 349 cm³/mol. The lowest BCUT2D eigenvalue weighted by molar-refractivity contribution is -0.333. The summed E-state index contributed by atoms with van der Waals surface area (Å²) in [5.74, 6) is -16.0. The molecule has 21 N–H and O–H groups in total. The third kappa shape index (κ3) is 15.8. The molecule has 5 aromatic carbocycles. The fourth-order valence-electron chi connectivity index (χ4n) is 12.5. The molecule has 542 valence electrons. The molecule has 0 aliphatic carbocycles. The molecule has 0 aromatic heterocycles. The van der Waals surface area contributed by atoms with Gasteiger partial charge < -0.3 is 128 Å². The van der Waals surface area contributed by atoms with Crippen LogP contribution in [-0.2, 0) is 52.6 Å². The molecule has 5 aromatic rings. The molecule has 7 amide bonds. The number of amides is 7. The average molecular weight is 1450 g/mol. The number of aliphatic hydroxyl groups is 6. The Labute approximate surface area is 584 Å². The van der Waals surface area contributed by atoms with Crippen LogP contribution in [0.3, 0.4) is 0 Å². The SMILES string of the molecule is CN[C@H](CC(C)C)C(=O)N[C@H]1C(=O)N[C@@H](CC(N)=O)C(=O)N[C@H]2C(=O)N[C@H]3C(=O)N[C@H](C(=O)N[C@H](C(=O)O)c4cc(O)cc(O)c4-c4cc3ccc4O)[C@H](O)c3ccc(c(Cl)c3)Oc3cc2cc(c3O[C@@H]2O[C@H](CO)C(O)[C@H](O)C2OC2C[C@](C)(N)[C@H](O)[C@H](C)O2)Oc2ccc(cc2Cl)[C@H]1O. The van der Waals surface area contributed by atoms with Crippen molar-refractivity contribution < 1.29 is 118 Å². The number of carbonyl (C=O) groups excluding carboxylic acids is 7. The van der Waals surface area contributed by atoms with Crippen LogP contribution in [0, 0.1) is 5.92 Å². The lowest BCUT2D eigenvalue weighted by Crippen LogP contribution is -2.64. The summed E-state index contributed by atoms with van der Waals surface area (Å²) < 4.78 is 38.3. The van der Waals surface area contributed by atoms with Crippen molar-refractivity contribution in [3.63, 3.8) is 0 Å². The molecule has 7 aliphatic heterocycles. The van der Waals surface area contributed by atoms with Crippen LogP contribution >= 0.6 is 23.2 Å². The highest BCUT2D eigenvalue weighted by atomic mass is 35.5. The Bertz CT molecular complexity index is 4070. The van der Waals surface area contributed by atoms with E-state index in [2.05, 4.69) is 37.2 Å². The molecule has 0 radical (unpaired) electrons. The lowest BCUT2D eigenvalue weighted by Gasteiger charge is -2.47. The number of aromatic hydroxyl groups is 3. The number of carboxylic acid groups (broad SMARTS) is 1. The highest BCUT2D eigenvalue weighted by molar-refractivity contribution is 6.32. The summed E-state index contributed by atoms with van der Waals surface area (Å²) in [4.78, 5) is 117. The minimum atomic E-state index is -2.35. The highest BCUT2D eigenvalue weighted by Crippen LogP contribution is 2.50. The number of carboxylic acids is 1. The lowest BCUT2D eigenvalue weighted by atomic mass is 9.86. The molecule has 0 saturated carbocycles. The Hall–Kier alpha value is -9.20. The molecule has 18 atom stereocenters. The van der Waals surface area contributed by atoms with Crippen molar-refractivity contribution in [2.45, 2.75) is 156 Å². The van der Waals surface area contributed by atoms with Crippen LogP contribution in [-0.4, -0.2) is 191 Å². The Balaban J connectivity index is 1.24. The summed E-state index contributed by atoms with van der Waals surface area (Å²) in [5.41, 5.74) is 8.00. The molecule has 2 saturated heterocycles. The Morgan fingerprint density at radius 2 is 1.32 bits per heavy atom. The molecular weight excluding hydrogens is 1370 g/mol. The summed E-state index contributed by atoms with van der Waals surface area (Å²) in [6, 6.07) is -0.679. The van der Waals surface area contributed by atoms with E-state index in [-0.39, 0.29) is 46.2 Å². The van der Waals surface area contributed by atoms with Gasteiger partial charge in [-0.3, -0.25) is 33.6 Å². The maximum atomic E-state index is 16.0. The molecule has 35 heteroatoms. The number of phenolic OH excluding ortho intramolecular Hbond substituents is 3. The van der Waals surface area contributed by atoms with E-state index in [1.807, 2.05) is 13.8 Å². The zero-order valence-corrected chi connectivity index (χ0v) is 55.8. The first-order chi connectivity index (χ1) is 47.7. The molecular formula is C66H75Cl2N9O24. The first kappa shape index (κ1) is 74.5. The second-order valence-corrected chi connectivity index (χ2v) is 26.5. The summed E-state index contributed by atoms with van der Waals surface area (Å²) in [6.45, 7) is 5.66. The smallest absolute Gasteiger partial charge is 0.330 e. The Morgan fingerprint density at radius 1 is 0.713 bits per heavy atom. The van der Waals surface area contributed by atoms with Gasteiger partial charge in [0.25, 0.3) is 0 Å². The number of benzene rings is 5. The van der Waals surface area contributed by atoms with Crippen molar-refractivity contribution in [2.24, 2.45) is 17.4 Å². The topological polar surface area (TPSA) is 530 Å².